The van der Waals surface area contributed by atoms with Crippen LogP contribution in [-0.4, -0.2) is 63.7 Å². The minimum absolute atomic E-state index is 0.156. The summed E-state index contributed by atoms with van der Waals surface area (Å²) in [4.78, 5) is 23.8. The number of thioether (sulfide) groups is 1. The van der Waals surface area contributed by atoms with E-state index in [1.807, 2.05) is 35.8 Å². The highest BCUT2D eigenvalue weighted by molar-refractivity contribution is 7.99. The average Bonchev–Trinajstić information content (AvgIpc) is 3.06. The molecule has 2 aromatic heterocycles. The number of fused-ring (bicyclic) bond motifs is 1. The third kappa shape index (κ3) is 4.82. The number of rotatable bonds is 8. The molecule has 0 saturated carbocycles. The van der Waals surface area contributed by atoms with Gasteiger partial charge >= 0.3 is 0 Å². The molecule has 6 nitrogen and oxygen atoms in total. The zero-order chi connectivity index (χ0) is 19.2. The first-order chi connectivity index (χ1) is 13.1. The zero-order valence-electron chi connectivity index (χ0n) is 16.6. The van der Waals surface area contributed by atoms with Crippen molar-refractivity contribution < 1.29 is 9.53 Å². The molecule has 1 atom stereocenters. The molecule has 3 rings (SSSR count). The number of aromatic nitrogens is 3. The fourth-order valence-corrected chi connectivity index (χ4v) is 4.86. The molecule has 1 amide bonds. The van der Waals surface area contributed by atoms with Gasteiger partial charge in [-0.2, -0.15) is 11.8 Å². The van der Waals surface area contributed by atoms with E-state index in [2.05, 4.69) is 16.5 Å². The Bertz CT molecular complexity index is 758. The van der Waals surface area contributed by atoms with Gasteiger partial charge in [0.05, 0.1) is 12.6 Å². The molecule has 148 valence electrons. The first-order valence-electron chi connectivity index (χ1n) is 9.76. The van der Waals surface area contributed by atoms with Gasteiger partial charge in [0.1, 0.15) is 11.3 Å². The summed E-state index contributed by atoms with van der Waals surface area (Å²) in [5.74, 6) is 3.56. The van der Waals surface area contributed by atoms with E-state index in [0.29, 0.717) is 19.1 Å². The quantitative estimate of drug-likeness (QED) is 0.692. The highest BCUT2D eigenvalue weighted by Gasteiger charge is 2.22. The molecule has 1 aliphatic rings. The van der Waals surface area contributed by atoms with Crippen molar-refractivity contribution in [3.05, 3.63) is 24.2 Å². The number of pyridine rings is 1. The van der Waals surface area contributed by atoms with E-state index in [9.17, 15) is 4.79 Å². The molecule has 0 aliphatic carbocycles. The van der Waals surface area contributed by atoms with Gasteiger partial charge in [0, 0.05) is 39.2 Å². The molecule has 0 bridgehead atoms. The molecule has 0 aromatic carbocycles. The van der Waals surface area contributed by atoms with Gasteiger partial charge in [-0.1, -0.05) is 0 Å². The number of aryl methyl sites for hydroxylation is 1. The third-order valence-electron chi connectivity index (χ3n) is 5.29. The zero-order valence-corrected chi connectivity index (χ0v) is 17.4. The number of methoxy groups -OCH3 is 1. The third-order valence-corrected chi connectivity index (χ3v) is 6.34. The Morgan fingerprint density at radius 1 is 1.44 bits per heavy atom. The summed E-state index contributed by atoms with van der Waals surface area (Å²) in [6.07, 6.45) is 6.16. The van der Waals surface area contributed by atoms with Crippen molar-refractivity contribution in [3.63, 3.8) is 0 Å². The molecule has 1 saturated heterocycles. The lowest BCUT2D eigenvalue weighted by Crippen LogP contribution is -2.39. The molecule has 1 unspecified atom stereocenters. The average molecular weight is 391 g/mol. The predicted octanol–water partition coefficient (Wildman–Crippen LogP) is 3.32. The predicted molar refractivity (Wildman–Crippen MR) is 110 cm³/mol. The van der Waals surface area contributed by atoms with Gasteiger partial charge < -0.3 is 14.2 Å². The molecule has 2 aromatic rings. The lowest BCUT2D eigenvalue weighted by molar-refractivity contribution is -0.132. The largest absolute Gasteiger partial charge is 0.383 e. The highest BCUT2D eigenvalue weighted by atomic mass is 32.2. The molecular weight excluding hydrogens is 360 g/mol. The van der Waals surface area contributed by atoms with Gasteiger partial charge in [0.15, 0.2) is 5.65 Å². The van der Waals surface area contributed by atoms with E-state index in [0.717, 1.165) is 54.2 Å². The van der Waals surface area contributed by atoms with Gasteiger partial charge in [-0.15, -0.1) is 0 Å². The summed E-state index contributed by atoms with van der Waals surface area (Å²) in [7, 11) is 3.67. The van der Waals surface area contributed by atoms with Crippen LogP contribution in [0.5, 0.6) is 0 Å². The molecular formula is C20H30N4O2S. The summed E-state index contributed by atoms with van der Waals surface area (Å²) in [5, 5.41) is 0. The van der Waals surface area contributed by atoms with Crippen LogP contribution in [0.15, 0.2) is 18.3 Å². The van der Waals surface area contributed by atoms with E-state index in [4.69, 9.17) is 9.72 Å². The number of carbonyl (C=O) groups is 1. The Labute approximate surface area is 165 Å². The summed E-state index contributed by atoms with van der Waals surface area (Å²) in [6.45, 7) is 2.72. The molecule has 1 aliphatic heterocycles. The summed E-state index contributed by atoms with van der Waals surface area (Å²) in [5.41, 5.74) is 1.79. The van der Waals surface area contributed by atoms with Gasteiger partial charge in [-0.25, -0.2) is 9.97 Å². The van der Waals surface area contributed by atoms with Gasteiger partial charge in [0.25, 0.3) is 0 Å². The Morgan fingerprint density at radius 3 is 2.96 bits per heavy atom. The van der Waals surface area contributed by atoms with Crippen LogP contribution in [0.4, 0.5) is 0 Å². The van der Waals surface area contributed by atoms with Crippen LogP contribution in [0.25, 0.3) is 11.2 Å². The van der Waals surface area contributed by atoms with E-state index in [-0.39, 0.29) is 11.9 Å². The number of ether oxygens (including phenoxy) is 1. The highest BCUT2D eigenvalue weighted by Crippen LogP contribution is 2.23. The van der Waals surface area contributed by atoms with Crippen molar-refractivity contribution in [2.45, 2.75) is 51.1 Å². The smallest absolute Gasteiger partial charge is 0.222 e. The molecule has 1 fully saturated rings. The first kappa shape index (κ1) is 20.1. The Hall–Kier alpha value is -1.60. The minimum Gasteiger partial charge on any atom is -0.383 e. The lowest BCUT2D eigenvalue weighted by Gasteiger charge is -2.31. The maximum absolute atomic E-state index is 12.6. The van der Waals surface area contributed by atoms with Crippen LogP contribution >= 0.6 is 11.8 Å². The molecule has 3 heterocycles. The molecule has 27 heavy (non-hydrogen) atoms. The van der Waals surface area contributed by atoms with E-state index in [1.54, 1.807) is 13.3 Å². The van der Waals surface area contributed by atoms with Crippen LogP contribution in [0.3, 0.4) is 0 Å². The van der Waals surface area contributed by atoms with Gasteiger partial charge in [0.2, 0.25) is 5.91 Å². The second kappa shape index (κ2) is 9.55. The van der Waals surface area contributed by atoms with E-state index < -0.39 is 0 Å². The van der Waals surface area contributed by atoms with Gasteiger partial charge in [-0.3, -0.25) is 4.79 Å². The molecule has 0 radical (unpaired) electrons. The number of amides is 1. The lowest BCUT2D eigenvalue weighted by atomic mass is 10.1. The summed E-state index contributed by atoms with van der Waals surface area (Å²) < 4.78 is 7.49. The topological polar surface area (TPSA) is 60.2 Å². The molecule has 0 spiro atoms. The SMILES string of the molecule is COCC(C)n1c(CCCC(=O)N(C)C2CCSCC2)nc2cccnc21. The first-order valence-corrected chi connectivity index (χ1v) is 10.9. The van der Waals surface area contributed by atoms with Crippen LogP contribution < -0.4 is 0 Å². The maximum atomic E-state index is 12.6. The molecule has 0 N–H and O–H groups in total. The number of hydrogen-bond donors (Lipinski definition) is 0. The number of carbonyl (C=O) groups excluding carboxylic acids is 1. The van der Waals surface area contributed by atoms with Crippen molar-refractivity contribution in [1.29, 1.82) is 0 Å². The Balaban J connectivity index is 1.64. The van der Waals surface area contributed by atoms with Gasteiger partial charge in [-0.05, 0) is 49.8 Å². The number of nitrogens with zero attached hydrogens (tertiary/aromatic N) is 4. The van der Waals surface area contributed by atoms with Crippen molar-refractivity contribution in [2.75, 3.05) is 32.3 Å². The van der Waals surface area contributed by atoms with Crippen LogP contribution in [0.2, 0.25) is 0 Å². The number of hydrogen-bond acceptors (Lipinski definition) is 5. The Morgan fingerprint density at radius 2 is 2.22 bits per heavy atom. The second-order valence-corrected chi connectivity index (χ2v) is 8.48. The summed E-state index contributed by atoms with van der Waals surface area (Å²) in [6, 6.07) is 4.46. The summed E-state index contributed by atoms with van der Waals surface area (Å²) >= 11 is 1.99. The van der Waals surface area contributed by atoms with Crippen LogP contribution in [0.1, 0.15) is 44.5 Å². The minimum atomic E-state index is 0.156. The van der Waals surface area contributed by atoms with Crippen LogP contribution in [0, 0.1) is 0 Å². The maximum Gasteiger partial charge on any atom is 0.222 e. The molecule has 7 heteroatoms. The number of imidazole rings is 1. The van der Waals surface area contributed by atoms with Crippen LogP contribution in [-0.2, 0) is 16.0 Å². The second-order valence-electron chi connectivity index (χ2n) is 7.25. The van der Waals surface area contributed by atoms with Crippen molar-refractivity contribution in [1.82, 2.24) is 19.4 Å². The van der Waals surface area contributed by atoms with E-state index >= 15 is 0 Å². The fourth-order valence-electron chi connectivity index (χ4n) is 3.78. The standard InChI is InChI=1S/C20H30N4O2S/c1-15(14-26-3)24-18(22-17-6-5-11-21-20(17)24)7-4-8-19(25)23(2)16-9-12-27-13-10-16/h5-6,11,15-16H,4,7-10,12-14H2,1-3H3. The normalized spacial score (nSPS) is 16.6. The van der Waals surface area contributed by atoms with Crippen molar-refractivity contribution >= 4 is 28.8 Å². The van der Waals surface area contributed by atoms with Crippen molar-refractivity contribution in [2.24, 2.45) is 0 Å². The van der Waals surface area contributed by atoms with E-state index in [1.165, 1.54) is 0 Å². The van der Waals surface area contributed by atoms with Crippen molar-refractivity contribution in [3.8, 4) is 0 Å². The fraction of sp³-hybridized carbons (Fsp3) is 0.650. The monoisotopic (exact) mass is 390 g/mol. The Kier molecular flexibility index (Phi) is 7.13.